The van der Waals surface area contributed by atoms with Gasteiger partial charge in [-0.25, -0.2) is 4.79 Å². The second-order valence-electron chi connectivity index (χ2n) is 4.34. The molecule has 0 aliphatic carbocycles. The van der Waals surface area contributed by atoms with Gasteiger partial charge in [-0.2, -0.15) is 0 Å². The molecule has 0 unspecified atom stereocenters. The van der Waals surface area contributed by atoms with Crippen molar-refractivity contribution in [2.24, 2.45) is 5.41 Å². The number of nitrogens with one attached hydrogen (secondary N) is 1. The molecule has 0 aromatic carbocycles. The number of likely N-dealkylation sites (tertiary alicyclic amines) is 1. The highest BCUT2D eigenvalue weighted by molar-refractivity contribution is 5.74. The summed E-state index contributed by atoms with van der Waals surface area (Å²) >= 11 is 0. The van der Waals surface area contributed by atoms with Gasteiger partial charge in [0.1, 0.15) is 0 Å². The van der Waals surface area contributed by atoms with Crippen LogP contribution in [0.2, 0.25) is 0 Å². The van der Waals surface area contributed by atoms with Crippen LogP contribution in [0, 0.1) is 5.41 Å². The zero-order chi connectivity index (χ0) is 10.0. The fourth-order valence-electron chi connectivity index (χ4n) is 2.48. The standard InChI is InChI=1S/C10H18N2O2/c1-11-9(13)12-5-2-10(8-12)3-6-14-7-4-10/h2-8H2,1H3,(H,11,13). The maximum atomic E-state index is 11.4. The Hall–Kier alpha value is -0.770. The zero-order valence-electron chi connectivity index (χ0n) is 8.71. The molecule has 4 nitrogen and oxygen atoms in total. The molecule has 14 heavy (non-hydrogen) atoms. The van der Waals surface area contributed by atoms with Crippen LogP contribution in [-0.2, 0) is 4.74 Å². The van der Waals surface area contributed by atoms with E-state index in [1.54, 1.807) is 7.05 Å². The molecule has 0 saturated carbocycles. The number of rotatable bonds is 0. The molecule has 2 saturated heterocycles. The third kappa shape index (κ3) is 1.71. The minimum atomic E-state index is 0.0633. The first-order chi connectivity index (χ1) is 6.76. The quantitative estimate of drug-likeness (QED) is 0.626. The van der Waals surface area contributed by atoms with Crippen LogP contribution in [-0.4, -0.2) is 44.3 Å². The van der Waals surface area contributed by atoms with Crippen molar-refractivity contribution in [1.29, 1.82) is 0 Å². The van der Waals surface area contributed by atoms with Crippen LogP contribution in [0.3, 0.4) is 0 Å². The first-order valence-corrected chi connectivity index (χ1v) is 5.30. The zero-order valence-corrected chi connectivity index (χ0v) is 8.71. The van der Waals surface area contributed by atoms with Gasteiger partial charge < -0.3 is 15.0 Å². The summed E-state index contributed by atoms with van der Waals surface area (Å²) < 4.78 is 5.36. The van der Waals surface area contributed by atoms with E-state index in [4.69, 9.17) is 4.74 Å². The minimum absolute atomic E-state index is 0.0633. The van der Waals surface area contributed by atoms with E-state index in [0.29, 0.717) is 5.41 Å². The third-order valence-electron chi connectivity index (χ3n) is 3.49. The maximum Gasteiger partial charge on any atom is 0.317 e. The summed E-state index contributed by atoms with van der Waals surface area (Å²) in [5, 5.41) is 2.68. The number of carbonyl (C=O) groups is 1. The maximum absolute atomic E-state index is 11.4. The number of hydrogen-bond donors (Lipinski definition) is 1. The highest BCUT2D eigenvalue weighted by Gasteiger charge is 2.40. The topological polar surface area (TPSA) is 41.6 Å². The van der Waals surface area contributed by atoms with Crippen LogP contribution in [0.4, 0.5) is 4.79 Å². The molecule has 4 heteroatoms. The SMILES string of the molecule is CNC(=O)N1CCC2(CCOCC2)C1. The molecule has 0 bridgehead atoms. The Morgan fingerprint density at radius 1 is 1.36 bits per heavy atom. The van der Waals surface area contributed by atoms with Gasteiger partial charge in [-0.1, -0.05) is 0 Å². The molecule has 2 rings (SSSR count). The van der Waals surface area contributed by atoms with Crippen LogP contribution in [0.1, 0.15) is 19.3 Å². The van der Waals surface area contributed by atoms with E-state index in [2.05, 4.69) is 5.32 Å². The number of urea groups is 1. The molecule has 2 amide bonds. The van der Waals surface area contributed by atoms with E-state index in [1.165, 1.54) is 0 Å². The van der Waals surface area contributed by atoms with Crippen molar-refractivity contribution < 1.29 is 9.53 Å². The van der Waals surface area contributed by atoms with Gasteiger partial charge in [0.2, 0.25) is 0 Å². The summed E-state index contributed by atoms with van der Waals surface area (Å²) in [6.07, 6.45) is 3.37. The van der Waals surface area contributed by atoms with Gasteiger partial charge >= 0.3 is 6.03 Å². The summed E-state index contributed by atoms with van der Waals surface area (Å²) in [4.78, 5) is 13.3. The van der Waals surface area contributed by atoms with Gasteiger partial charge in [-0.3, -0.25) is 0 Å². The Balaban J connectivity index is 1.95. The third-order valence-corrected chi connectivity index (χ3v) is 3.49. The first-order valence-electron chi connectivity index (χ1n) is 5.30. The van der Waals surface area contributed by atoms with Crippen LogP contribution >= 0.6 is 0 Å². The number of ether oxygens (including phenoxy) is 1. The van der Waals surface area contributed by atoms with Gasteiger partial charge in [0, 0.05) is 33.4 Å². The molecule has 0 radical (unpaired) electrons. The van der Waals surface area contributed by atoms with Crippen molar-refractivity contribution in [1.82, 2.24) is 10.2 Å². The molecular weight excluding hydrogens is 180 g/mol. The van der Waals surface area contributed by atoms with E-state index >= 15 is 0 Å². The predicted octanol–water partition coefficient (Wildman–Crippen LogP) is 0.828. The molecule has 1 N–H and O–H groups in total. The monoisotopic (exact) mass is 198 g/mol. The molecule has 80 valence electrons. The molecule has 2 aliphatic rings. The number of hydrogen-bond acceptors (Lipinski definition) is 2. The lowest BCUT2D eigenvalue weighted by Gasteiger charge is -2.32. The number of carbonyl (C=O) groups excluding carboxylic acids is 1. The van der Waals surface area contributed by atoms with Crippen molar-refractivity contribution in [3.05, 3.63) is 0 Å². The molecule has 2 heterocycles. The molecule has 1 spiro atoms. The number of amides is 2. The lowest BCUT2D eigenvalue weighted by Crippen LogP contribution is -2.39. The second-order valence-corrected chi connectivity index (χ2v) is 4.34. The van der Waals surface area contributed by atoms with Crippen molar-refractivity contribution in [3.63, 3.8) is 0 Å². The van der Waals surface area contributed by atoms with E-state index in [9.17, 15) is 4.79 Å². The Bertz CT molecular complexity index is 224. The highest BCUT2D eigenvalue weighted by atomic mass is 16.5. The van der Waals surface area contributed by atoms with Crippen molar-refractivity contribution in [2.75, 3.05) is 33.4 Å². The second kappa shape index (κ2) is 3.77. The van der Waals surface area contributed by atoms with E-state index in [-0.39, 0.29) is 6.03 Å². The Kier molecular flexibility index (Phi) is 2.63. The molecule has 0 aromatic rings. The Morgan fingerprint density at radius 3 is 2.71 bits per heavy atom. The molecule has 2 aliphatic heterocycles. The smallest absolute Gasteiger partial charge is 0.317 e. The summed E-state index contributed by atoms with van der Waals surface area (Å²) in [5.74, 6) is 0. The van der Waals surface area contributed by atoms with Gasteiger partial charge in [-0.05, 0) is 24.7 Å². The first kappa shape index (κ1) is 9.77. The van der Waals surface area contributed by atoms with Crippen LogP contribution in [0.5, 0.6) is 0 Å². The summed E-state index contributed by atoms with van der Waals surface area (Å²) in [6, 6.07) is 0.0633. The molecule has 0 aromatic heterocycles. The lowest BCUT2D eigenvalue weighted by molar-refractivity contribution is 0.0209. The fourth-order valence-corrected chi connectivity index (χ4v) is 2.48. The average Bonchev–Trinajstić information content (AvgIpc) is 2.62. The highest BCUT2D eigenvalue weighted by Crippen LogP contribution is 2.39. The Morgan fingerprint density at radius 2 is 2.07 bits per heavy atom. The van der Waals surface area contributed by atoms with Gasteiger partial charge in [-0.15, -0.1) is 0 Å². The van der Waals surface area contributed by atoms with E-state index in [0.717, 1.165) is 45.6 Å². The predicted molar refractivity (Wildman–Crippen MR) is 53.1 cm³/mol. The molecular formula is C10H18N2O2. The van der Waals surface area contributed by atoms with E-state index in [1.807, 2.05) is 4.90 Å². The number of nitrogens with zero attached hydrogens (tertiary/aromatic N) is 1. The normalized spacial score (nSPS) is 25.4. The Labute approximate surface area is 84.6 Å². The van der Waals surface area contributed by atoms with Crippen LogP contribution in [0.15, 0.2) is 0 Å². The summed E-state index contributed by atoms with van der Waals surface area (Å²) in [5.41, 5.74) is 0.366. The largest absolute Gasteiger partial charge is 0.381 e. The molecule has 2 fully saturated rings. The van der Waals surface area contributed by atoms with Crippen molar-refractivity contribution >= 4 is 6.03 Å². The van der Waals surface area contributed by atoms with Gasteiger partial charge in [0.15, 0.2) is 0 Å². The van der Waals surface area contributed by atoms with Gasteiger partial charge in [0.25, 0.3) is 0 Å². The fraction of sp³-hybridized carbons (Fsp3) is 0.900. The van der Waals surface area contributed by atoms with E-state index < -0.39 is 0 Å². The van der Waals surface area contributed by atoms with Crippen LogP contribution in [0.25, 0.3) is 0 Å². The van der Waals surface area contributed by atoms with Gasteiger partial charge in [0.05, 0.1) is 0 Å². The lowest BCUT2D eigenvalue weighted by atomic mass is 9.80. The minimum Gasteiger partial charge on any atom is -0.381 e. The summed E-state index contributed by atoms with van der Waals surface area (Å²) in [7, 11) is 1.69. The average molecular weight is 198 g/mol. The van der Waals surface area contributed by atoms with Crippen molar-refractivity contribution in [2.45, 2.75) is 19.3 Å². The van der Waals surface area contributed by atoms with Crippen molar-refractivity contribution in [3.8, 4) is 0 Å². The van der Waals surface area contributed by atoms with Crippen LogP contribution < -0.4 is 5.32 Å². The summed E-state index contributed by atoms with van der Waals surface area (Å²) in [6.45, 7) is 3.54. The molecule has 0 atom stereocenters.